The lowest BCUT2D eigenvalue weighted by Gasteiger charge is -2.11. The molecular formula is C20H17N3O2S. The van der Waals surface area contributed by atoms with Gasteiger partial charge in [-0.25, -0.2) is 8.42 Å². The SMILES string of the molecule is Cc1ccccc1S(=O)(=O)Nc1ccc(Nc2ccc(C#N)cc2)cc1. The van der Waals surface area contributed by atoms with Crippen LogP contribution in [0.5, 0.6) is 0 Å². The highest BCUT2D eigenvalue weighted by molar-refractivity contribution is 7.92. The molecule has 3 rings (SSSR count). The molecule has 5 nitrogen and oxygen atoms in total. The fraction of sp³-hybridized carbons (Fsp3) is 0.0500. The Hall–Kier alpha value is -3.30. The Morgan fingerprint density at radius 2 is 1.35 bits per heavy atom. The van der Waals surface area contributed by atoms with Gasteiger partial charge in [-0.15, -0.1) is 0 Å². The summed E-state index contributed by atoms with van der Waals surface area (Å²) >= 11 is 0. The molecule has 0 bridgehead atoms. The fourth-order valence-electron chi connectivity index (χ4n) is 2.48. The Bertz CT molecular complexity index is 1050. The van der Waals surface area contributed by atoms with Gasteiger partial charge in [-0.05, 0) is 67.1 Å². The van der Waals surface area contributed by atoms with Gasteiger partial charge in [-0.3, -0.25) is 4.72 Å². The summed E-state index contributed by atoms with van der Waals surface area (Å²) in [6, 6.07) is 23.0. The Labute approximate surface area is 153 Å². The molecule has 0 aliphatic carbocycles. The summed E-state index contributed by atoms with van der Waals surface area (Å²) in [4.78, 5) is 0.264. The standard InChI is InChI=1S/C20H17N3O2S/c1-15-4-2-3-5-20(15)26(24,25)23-19-12-10-18(11-13-19)22-17-8-6-16(14-21)7-9-17/h2-13,22-23H,1H3. The summed E-state index contributed by atoms with van der Waals surface area (Å²) in [6.07, 6.45) is 0. The maximum Gasteiger partial charge on any atom is 0.262 e. The number of anilines is 3. The van der Waals surface area contributed by atoms with E-state index in [1.807, 2.05) is 12.1 Å². The predicted octanol–water partition coefficient (Wildman–Crippen LogP) is 4.41. The Morgan fingerprint density at radius 3 is 1.92 bits per heavy atom. The summed E-state index contributed by atoms with van der Waals surface area (Å²) in [5.74, 6) is 0. The molecule has 0 radical (unpaired) electrons. The van der Waals surface area contributed by atoms with Gasteiger partial charge in [0.05, 0.1) is 16.5 Å². The van der Waals surface area contributed by atoms with Crippen LogP contribution in [0.2, 0.25) is 0 Å². The molecule has 0 aromatic heterocycles. The van der Waals surface area contributed by atoms with Gasteiger partial charge in [0.1, 0.15) is 0 Å². The molecule has 2 N–H and O–H groups in total. The van der Waals surface area contributed by atoms with Crippen molar-refractivity contribution in [2.24, 2.45) is 0 Å². The molecule has 0 amide bonds. The van der Waals surface area contributed by atoms with E-state index in [4.69, 9.17) is 5.26 Å². The normalized spacial score (nSPS) is 10.8. The van der Waals surface area contributed by atoms with Gasteiger partial charge in [0.15, 0.2) is 0 Å². The minimum atomic E-state index is -3.62. The van der Waals surface area contributed by atoms with Crippen LogP contribution in [0.1, 0.15) is 11.1 Å². The first-order valence-electron chi connectivity index (χ1n) is 7.94. The van der Waals surface area contributed by atoms with Crippen molar-refractivity contribution in [1.29, 1.82) is 5.26 Å². The van der Waals surface area contributed by atoms with Crippen LogP contribution in [-0.2, 0) is 10.0 Å². The molecular weight excluding hydrogens is 346 g/mol. The average molecular weight is 363 g/mol. The Morgan fingerprint density at radius 1 is 0.808 bits per heavy atom. The lowest BCUT2D eigenvalue weighted by atomic mass is 10.2. The molecule has 26 heavy (non-hydrogen) atoms. The van der Waals surface area contributed by atoms with Crippen LogP contribution in [0.25, 0.3) is 0 Å². The van der Waals surface area contributed by atoms with E-state index >= 15 is 0 Å². The van der Waals surface area contributed by atoms with Gasteiger partial charge in [-0.1, -0.05) is 18.2 Å². The molecule has 3 aromatic carbocycles. The van der Waals surface area contributed by atoms with Crippen LogP contribution >= 0.6 is 0 Å². The number of hydrogen-bond acceptors (Lipinski definition) is 4. The number of nitriles is 1. The van der Waals surface area contributed by atoms with Crippen molar-refractivity contribution in [2.45, 2.75) is 11.8 Å². The average Bonchev–Trinajstić information content (AvgIpc) is 2.64. The summed E-state index contributed by atoms with van der Waals surface area (Å²) < 4.78 is 27.6. The van der Waals surface area contributed by atoms with Gasteiger partial charge in [0, 0.05) is 17.1 Å². The summed E-state index contributed by atoms with van der Waals surface area (Å²) in [6.45, 7) is 1.76. The van der Waals surface area contributed by atoms with E-state index in [1.165, 1.54) is 0 Å². The third-order valence-corrected chi connectivity index (χ3v) is 5.36. The van der Waals surface area contributed by atoms with E-state index in [1.54, 1.807) is 67.6 Å². The molecule has 0 saturated carbocycles. The van der Waals surface area contributed by atoms with Crippen molar-refractivity contribution >= 4 is 27.1 Å². The van der Waals surface area contributed by atoms with Crippen molar-refractivity contribution in [2.75, 3.05) is 10.0 Å². The lowest BCUT2D eigenvalue weighted by Crippen LogP contribution is -2.14. The van der Waals surface area contributed by atoms with E-state index in [-0.39, 0.29) is 4.90 Å². The molecule has 0 aliphatic rings. The molecule has 0 aliphatic heterocycles. The zero-order valence-electron chi connectivity index (χ0n) is 14.1. The molecule has 6 heteroatoms. The zero-order chi connectivity index (χ0) is 18.6. The molecule has 130 valence electrons. The predicted molar refractivity (Wildman–Crippen MR) is 103 cm³/mol. The van der Waals surface area contributed by atoms with Crippen LogP contribution < -0.4 is 10.0 Å². The van der Waals surface area contributed by atoms with E-state index in [0.29, 0.717) is 16.8 Å². The van der Waals surface area contributed by atoms with E-state index in [9.17, 15) is 8.42 Å². The van der Waals surface area contributed by atoms with Crippen molar-refractivity contribution in [3.63, 3.8) is 0 Å². The number of rotatable bonds is 5. The summed E-state index contributed by atoms with van der Waals surface area (Å²) in [5, 5.41) is 12.0. The van der Waals surface area contributed by atoms with Gasteiger partial charge < -0.3 is 5.32 Å². The van der Waals surface area contributed by atoms with Crippen molar-refractivity contribution < 1.29 is 8.42 Å². The maximum atomic E-state index is 12.5. The Kier molecular flexibility index (Phi) is 4.92. The van der Waals surface area contributed by atoms with Crippen molar-refractivity contribution in [1.82, 2.24) is 0 Å². The van der Waals surface area contributed by atoms with E-state index in [2.05, 4.69) is 16.1 Å². The minimum absolute atomic E-state index is 0.264. The molecule has 0 atom stereocenters. The topological polar surface area (TPSA) is 82.0 Å². The second kappa shape index (κ2) is 7.30. The van der Waals surface area contributed by atoms with Gasteiger partial charge in [0.2, 0.25) is 0 Å². The first-order valence-corrected chi connectivity index (χ1v) is 9.42. The maximum absolute atomic E-state index is 12.5. The highest BCUT2D eigenvalue weighted by Crippen LogP contribution is 2.22. The summed E-state index contributed by atoms with van der Waals surface area (Å²) in [5.41, 5.74) is 3.43. The van der Waals surface area contributed by atoms with E-state index < -0.39 is 10.0 Å². The number of aryl methyl sites for hydroxylation is 1. The van der Waals surface area contributed by atoms with Gasteiger partial charge >= 0.3 is 0 Å². The first kappa shape index (κ1) is 17.5. The second-order valence-corrected chi connectivity index (χ2v) is 7.41. The molecule has 0 unspecified atom stereocenters. The zero-order valence-corrected chi connectivity index (χ0v) is 14.9. The van der Waals surface area contributed by atoms with Crippen LogP contribution in [0.4, 0.5) is 17.1 Å². The molecule has 0 fully saturated rings. The third kappa shape index (κ3) is 4.02. The van der Waals surface area contributed by atoms with Gasteiger partial charge in [-0.2, -0.15) is 5.26 Å². The number of nitrogens with zero attached hydrogens (tertiary/aromatic N) is 1. The monoisotopic (exact) mass is 363 g/mol. The third-order valence-electron chi connectivity index (χ3n) is 3.82. The summed E-state index contributed by atoms with van der Waals surface area (Å²) in [7, 11) is -3.62. The molecule has 0 spiro atoms. The molecule has 0 heterocycles. The Balaban J connectivity index is 1.73. The number of hydrogen-bond donors (Lipinski definition) is 2. The van der Waals surface area contributed by atoms with Crippen LogP contribution in [0.15, 0.2) is 77.7 Å². The lowest BCUT2D eigenvalue weighted by molar-refractivity contribution is 0.600. The fourth-order valence-corrected chi connectivity index (χ4v) is 3.79. The minimum Gasteiger partial charge on any atom is -0.356 e. The number of nitrogens with one attached hydrogen (secondary N) is 2. The van der Waals surface area contributed by atoms with Crippen molar-refractivity contribution in [3.05, 3.63) is 83.9 Å². The molecule has 3 aromatic rings. The quantitative estimate of drug-likeness (QED) is 0.703. The molecule has 0 saturated heterocycles. The second-order valence-electron chi connectivity index (χ2n) is 5.76. The van der Waals surface area contributed by atoms with Crippen molar-refractivity contribution in [3.8, 4) is 6.07 Å². The smallest absolute Gasteiger partial charge is 0.262 e. The van der Waals surface area contributed by atoms with Crippen LogP contribution in [-0.4, -0.2) is 8.42 Å². The van der Waals surface area contributed by atoms with Crippen LogP contribution in [0.3, 0.4) is 0 Å². The highest BCUT2D eigenvalue weighted by atomic mass is 32.2. The highest BCUT2D eigenvalue weighted by Gasteiger charge is 2.16. The number of sulfonamides is 1. The largest absolute Gasteiger partial charge is 0.356 e. The first-order chi connectivity index (χ1) is 12.5. The van der Waals surface area contributed by atoms with Gasteiger partial charge in [0.25, 0.3) is 10.0 Å². The van der Waals surface area contributed by atoms with Crippen LogP contribution in [0, 0.1) is 18.3 Å². The van der Waals surface area contributed by atoms with E-state index in [0.717, 1.165) is 11.4 Å². The number of benzene rings is 3.